The molecule has 6 heteroatoms. The zero-order valence-electron chi connectivity index (χ0n) is 10.7. The van der Waals surface area contributed by atoms with Gasteiger partial charge in [-0.1, -0.05) is 23.7 Å². The summed E-state index contributed by atoms with van der Waals surface area (Å²) in [5.74, 6) is -0.115. The molecule has 2 N–H and O–H groups in total. The minimum atomic E-state index is -0.115. The molecular weight excluding hydrogens is 282 g/mol. The van der Waals surface area contributed by atoms with Gasteiger partial charge in [0, 0.05) is 12.3 Å². The molecule has 0 unspecified atom stereocenters. The fourth-order valence-electron chi connectivity index (χ4n) is 1.57. The molecule has 0 fully saturated rings. The van der Waals surface area contributed by atoms with Crippen molar-refractivity contribution in [3.8, 4) is 0 Å². The van der Waals surface area contributed by atoms with Gasteiger partial charge in [0.25, 0.3) is 0 Å². The van der Waals surface area contributed by atoms with E-state index in [0.717, 1.165) is 22.0 Å². The Morgan fingerprint density at radius 3 is 3.00 bits per heavy atom. The zero-order valence-corrected chi connectivity index (χ0v) is 12.2. The van der Waals surface area contributed by atoms with Crippen molar-refractivity contribution in [2.75, 3.05) is 10.6 Å². The minimum Gasteiger partial charge on any atom is -0.378 e. The number of aryl methyl sites for hydroxylation is 1. The van der Waals surface area contributed by atoms with Gasteiger partial charge in [-0.25, -0.2) is 4.98 Å². The molecule has 0 atom stereocenters. The van der Waals surface area contributed by atoms with Crippen molar-refractivity contribution in [1.29, 1.82) is 0 Å². The van der Waals surface area contributed by atoms with Crippen LogP contribution in [0.15, 0.2) is 23.6 Å². The van der Waals surface area contributed by atoms with Gasteiger partial charge >= 0.3 is 0 Å². The van der Waals surface area contributed by atoms with E-state index in [9.17, 15) is 4.79 Å². The molecule has 4 nitrogen and oxygen atoms in total. The van der Waals surface area contributed by atoms with Gasteiger partial charge in [-0.3, -0.25) is 4.79 Å². The van der Waals surface area contributed by atoms with Gasteiger partial charge in [0.05, 0.1) is 22.9 Å². The summed E-state index contributed by atoms with van der Waals surface area (Å²) in [5.41, 5.74) is 2.78. The highest BCUT2D eigenvalue weighted by atomic mass is 35.5. The molecule has 2 rings (SSSR count). The van der Waals surface area contributed by atoms with Crippen LogP contribution in [0.1, 0.15) is 18.2 Å². The van der Waals surface area contributed by atoms with Gasteiger partial charge in [0.15, 0.2) is 5.13 Å². The van der Waals surface area contributed by atoms with E-state index < -0.39 is 0 Å². The van der Waals surface area contributed by atoms with Gasteiger partial charge < -0.3 is 10.6 Å². The molecule has 0 aliphatic carbocycles. The molecule has 0 aliphatic heterocycles. The molecule has 1 aromatic heterocycles. The molecule has 0 bridgehead atoms. The average Bonchev–Trinajstić information content (AvgIpc) is 2.78. The number of halogens is 1. The van der Waals surface area contributed by atoms with Crippen LogP contribution in [0, 0.1) is 6.92 Å². The Hall–Kier alpha value is -1.59. The summed E-state index contributed by atoms with van der Waals surface area (Å²) in [5, 5.41) is 9.13. The fraction of sp³-hybridized carbons (Fsp3) is 0.231. The Morgan fingerprint density at radius 1 is 1.47 bits per heavy atom. The molecule has 1 amide bonds. The summed E-state index contributed by atoms with van der Waals surface area (Å²) in [6.07, 6.45) is 0. The van der Waals surface area contributed by atoms with Gasteiger partial charge in [0.1, 0.15) is 0 Å². The third-order valence-corrected chi connectivity index (χ3v) is 3.79. The smallest absolute Gasteiger partial charge is 0.223 e. The largest absolute Gasteiger partial charge is 0.378 e. The quantitative estimate of drug-likeness (QED) is 0.905. The van der Waals surface area contributed by atoms with E-state index in [1.165, 1.54) is 18.3 Å². The lowest BCUT2D eigenvalue weighted by molar-refractivity contribution is -0.114. The SMILES string of the molecule is CC(=O)Nc1nc(CNc2cccc(C)c2Cl)cs1. The molecule has 19 heavy (non-hydrogen) atoms. The lowest BCUT2D eigenvalue weighted by Crippen LogP contribution is -2.06. The molecule has 0 saturated heterocycles. The number of amides is 1. The maximum atomic E-state index is 10.9. The third-order valence-electron chi connectivity index (χ3n) is 2.49. The zero-order chi connectivity index (χ0) is 13.8. The third kappa shape index (κ3) is 3.68. The number of nitrogens with zero attached hydrogens (tertiary/aromatic N) is 1. The first-order chi connectivity index (χ1) is 9.06. The molecule has 0 spiro atoms. The number of carbonyl (C=O) groups excluding carboxylic acids is 1. The van der Waals surface area contributed by atoms with E-state index in [4.69, 9.17) is 11.6 Å². The van der Waals surface area contributed by atoms with Gasteiger partial charge in [-0.05, 0) is 18.6 Å². The van der Waals surface area contributed by atoms with E-state index in [0.29, 0.717) is 11.7 Å². The standard InChI is InChI=1S/C13H14ClN3OS/c1-8-4-3-5-11(12(8)14)15-6-10-7-19-13(17-10)16-9(2)18/h3-5,7,15H,6H2,1-2H3,(H,16,17,18). The predicted molar refractivity (Wildman–Crippen MR) is 79.9 cm³/mol. The summed E-state index contributed by atoms with van der Waals surface area (Å²) >= 11 is 7.60. The first kappa shape index (κ1) is 13.8. The van der Waals surface area contributed by atoms with Crippen molar-refractivity contribution in [1.82, 2.24) is 4.98 Å². The van der Waals surface area contributed by atoms with E-state index in [-0.39, 0.29) is 5.91 Å². The summed E-state index contributed by atoms with van der Waals surface area (Å²) in [4.78, 5) is 15.2. The van der Waals surface area contributed by atoms with Gasteiger partial charge in [0.2, 0.25) is 5.91 Å². The Kier molecular flexibility index (Phi) is 4.39. The fourth-order valence-corrected chi connectivity index (χ4v) is 2.52. The van der Waals surface area contributed by atoms with Crippen LogP contribution < -0.4 is 10.6 Å². The Labute approximate surface area is 120 Å². The highest BCUT2D eigenvalue weighted by Gasteiger charge is 2.05. The van der Waals surface area contributed by atoms with Crippen molar-refractivity contribution in [2.24, 2.45) is 0 Å². The van der Waals surface area contributed by atoms with Crippen LogP contribution in [0.3, 0.4) is 0 Å². The second-order valence-corrected chi connectivity index (χ2v) is 5.35. The Morgan fingerprint density at radius 2 is 2.26 bits per heavy atom. The highest BCUT2D eigenvalue weighted by Crippen LogP contribution is 2.26. The second-order valence-electron chi connectivity index (χ2n) is 4.12. The summed E-state index contributed by atoms with van der Waals surface area (Å²) in [6.45, 7) is 4.00. The molecule has 0 saturated carbocycles. The number of carbonyl (C=O) groups is 1. The van der Waals surface area contributed by atoms with Crippen molar-refractivity contribution >= 4 is 39.7 Å². The van der Waals surface area contributed by atoms with Crippen LogP contribution >= 0.6 is 22.9 Å². The summed E-state index contributed by atoms with van der Waals surface area (Å²) < 4.78 is 0. The molecule has 0 radical (unpaired) electrons. The number of aromatic nitrogens is 1. The van der Waals surface area contributed by atoms with E-state index in [2.05, 4.69) is 15.6 Å². The predicted octanol–water partition coefficient (Wildman–Crippen LogP) is 3.68. The van der Waals surface area contributed by atoms with Gasteiger partial charge in [-0.15, -0.1) is 11.3 Å². The molecule has 1 heterocycles. The van der Waals surface area contributed by atoms with Crippen LogP contribution in [0.25, 0.3) is 0 Å². The van der Waals surface area contributed by atoms with Crippen molar-refractivity contribution < 1.29 is 4.79 Å². The number of thiazole rings is 1. The Bertz CT molecular complexity index is 597. The topological polar surface area (TPSA) is 54.0 Å². The van der Waals surface area contributed by atoms with E-state index in [1.54, 1.807) is 0 Å². The van der Waals surface area contributed by atoms with E-state index in [1.807, 2.05) is 30.5 Å². The van der Waals surface area contributed by atoms with Crippen LogP contribution in [-0.2, 0) is 11.3 Å². The second kappa shape index (κ2) is 6.04. The first-order valence-electron chi connectivity index (χ1n) is 5.77. The van der Waals surface area contributed by atoms with Gasteiger partial charge in [-0.2, -0.15) is 0 Å². The van der Waals surface area contributed by atoms with Crippen molar-refractivity contribution in [3.05, 3.63) is 39.9 Å². The maximum Gasteiger partial charge on any atom is 0.223 e. The number of hydrogen-bond acceptors (Lipinski definition) is 4. The molecule has 100 valence electrons. The van der Waals surface area contributed by atoms with Crippen LogP contribution in [0.2, 0.25) is 5.02 Å². The Balaban J connectivity index is 2.00. The average molecular weight is 296 g/mol. The molecule has 1 aromatic carbocycles. The van der Waals surface area contributed by atoms with E-state index >= 15 is 0 Å². The molecule has 0 aliphatic rings. The number of benzene rings is 1. The highest BCUT2D eigenvalue weighted by molar-refractivity contribution is 7.13. The lowest BCUT2D eigenvalue weighted by atomic mass is 10.2. The molecule has 2 aromatic rings. The minimum absolute atomic E-state index is 0.115. The summed E-state index contributed by atoms with van der Waals surface area (Å²) in [6, 6.07) is 5.84. The number of hydrogen-bond donors (Lipinski definition) is 2. The number of nitrogens with one attached hydrogen (secondary N) is 2. The van der Waals surface area contributed by atoms with Crippen LogP contribution in [0.4, 0.5) is 10.8 Å². The first-order valence-corrected chi connectivity index (χ1v) is 7.03. The van der Waals surface area contributed by atoms with Crippen LogP contribution in [-0.4, -0.2) is 10.9 Å². The van der Waals surface area contributed by atoms with Crippen molar-refractivity contribution in [3.63, 3.8) is 0 Å². The number of rotatable bonds is 4. The van der Waals surface area contributed by atoms with Crippen molar-refractivity contribution in [2.45, 2.75) is 20.4 Å². The lowest BCUT2D eigenvalue weighted by Gasteiger charge is -2.08. The normalized spacial score (nSPS) is 10.3. The summed E-state index contributed by atoms with van der Waals surface area (Å²) in [7, 11) is 0. The number of anilines is 2. The van der Waals surface area contributed by atoms with Crippen LogP contribution in [0.5, 0.6) is 0 Å². The monoisotopic (exact) mass is 295 g/mol. The molecular formula is C13H14ClN3OS. The maximum absolute atomic E-state index is 10.9.